The minimum absolute atomic E-state index is 0.118. The molecule has 0 saturated carbocycles. The largest absolute Gasteiger partial charge is 0.327 e. The molecule has 6 heteroatoms. The smallest absolute Gasteiger partial charge is 0.273 e. The number of hydrogen-bond acceptors (Lipinski definition) is 3. The van der Waals surface area contributed by atoms with Crippen molar-refractivity contribution < 1.29 is 13.6 Å². The van der Waals surface area contributed by atoms with Crippen molar-refractivity contribution in [1.29, 1.82) is 0 Å². The number of aryl methyl sites for hydroxylation is 1. The number of carbonyl (C=O) groups excluding carboxylic acids is 1. The highest BCUT2D eigenvalue weighted by Gasteiger charge is 2.21. The van der Waals surface area contributed by atoms with Crippen molar-refractivity contribution in [2.45, 2.75) is 19.9 Å². The molecule has 1 heterocycles. The van der Waals surface area contributed by atoms with E-state index in [9.17, 15) is 13.6 Å². The van der Waals surface area contributed by atoms with Crippen LogP contribution in [-0.2, 0) is 6.54 Å². The first-order chi connectivity index (χ1) is 10.1. The number of benzene rings is 1. The Balaban J connectivity index is 2.21. The summed E-state index contributed by atoms with van der Waals surface area (Å²) in [4.78, 5) is 21.3. The van der Waals surface area contributed by atoms with E-state index in [1.807, 2.05) is 6.07 Å². The molecule has 4 nitrogen and oxygen atoms in total. The minimum atomic E-state index is -2.60. The maximum Gasteiger partial charge on any atom is 0.273 e. The van der Waals surface area contributed by atoms with E-state index in [1.165, 1.54) is 12.3 Å². The summed E-state index contributed by atoms with van der Waals surface area (Å²) in [6.45, 7) is 1.13. The number of rotatable bonds is 5. The molecular weight excluding hydrogens is 276 g/mol. The average Bonchev–Trinajstić information content (AvgIpc) is 2.46. The number of alkyl halides is 2. The Kier molecular flexibility index (Phi) is 4.92. The quantitative estimate of drug-likeness (QED) is 0.851. The second-order valence-corrected chi connectivity index (χ2v) is 4.55. The highest BCUT2D eigenvalue weighted by molar-refractivity contribution is 5.92. The van der Waals surface area contributed by atoms with Crippen molar-refractivity contribution in [3.63, 3.8) is 0 Å². The van der Waals surface area contributed by atoms with E-state index < -0.39 is 18.9 Å². The molecule has 0 fully saturated rings. The summed E-state index contributed by atoms with van der Waals surface area (Å²) in [5.41, 5.74) is 0.913. The third-order valence-electron chi connectivity index (χ3n) is 2.86. The molecule has 0 aliphatic carbocycles. The summed E-state index contributed by atoms with van der Waals surface area (Å²) in [6, 6.07) is 10.4. The molecule has 1 amide bonds. The van der Waals surface area contributed by atoms with Gasteiger partial charge in [-0.3, -0.25) is 4.79 Å². The van der Waals surface area contributed by atoms with E-state index in [2.05, 4.69) is 9.97 Å². The molecule has 0 unspecified atom stereocenters. The second kappa shape index (κ2) is 6.88. The summed E-state index contributed by atoms with van der Waals surface area (Å²) >= 11 is 0. The minimum Gasteiger partial charge on any atom is -0.327 e. The Morgan fingerprint density at radius 3 is 2.57 bits per heavy atom. The van der Waals surface area contributed by atoms with Crippen LogP contribution in [0.25, 0.3) is 0 Å². The van der Waals surface area contributed by atoms with Crippen LogP contribution in [0.1, 0.15) is 21.9 Å². The molecule has 2 rings (SSSR count). The van der Waals surface area contributed by atoms with Crippen molar-refractivity contribution in [3.05, 3.63) is 59.7 Å². The molecule has 0 atom stereocenters. The standard InChI is InChI=1S/C15H15F2N3O/c1-11-18-8-7-13(19-11)15(21)20(10-14(16)17)9-12-5-3-2-4-6-12/h2-8,14H,9-10H2,1H3. The van der Waals surface area contributed by atoms with Gasteiger partial charge >= 0.3 is 0 Å². The molecule has 0 spiro atoms. The SMILES string of the molecule is Cc1nccc(C(=O)N(Cc2ccccc2)CC(F)F)n1. The first-order valence-corrected chi connectivity index (χ1v) is 6.47. The van der Waals surface area contributed by atoms with Gasteiger partial charge in [0.1, 0.15) is 11.5 Å². The fourth-order valence-electron chi connectivity index (χ4n) is 1.93. The third-order valence-corrected chi connectivity index (χ3v) is 2.86. The molecular formula is C15H15F2N3O. The number of amides is 1. The molecule has 0 N–H and O–H groups in total. The van der Waals surface area contributed by atoms with Gasteiger partial charge in [-0.05, 0) is 18.6 Å². The molecule has 1 aromatic carbocycles. The zero-order chi connectivity index (χ0) is 15.2. The number of carbonyl (C=O) groups is 1. The lowest BCUT2D eigenvalue weighted by molar-refractivity contribution is 0.0529. The zero-order valence-corrected chi connectivity index (χ0v) is 11.5. The van der Waals surface area contributed by atoms with Gasteiger partial charge in [-0.2, -0.15) is 0 Å². The summed E-state index contributed by atoms with van der Waals surface area (Å²) in [5.74, 6) is -0.0952. The first-order valence-electron chi connectivity index (χ1n) is 6.47. The molecule has 0 aliphatic rings. The van der Waals surface area contributed by atoms with Crippen LogP contribution in [0.4, 0.5) is 8.78 Å². The Morgan fingerprint density at radius 2 is 1.95 bits per heavy atom. The fraction of sp³-hybridized carbons (Fsp3) is 0.267. The Hall–Kier alpha value is -2.37. The normalized spacial score (nSPS) is 10.7. The van der Waals surface area contributed by atoms with Crippen LogP contribution in [0, 0.1) is 6.92 Å². The molecule has 0 aliphatic heterocycles. The second-order valence-electron chi connectivity index (χ2n) is 4.55. The van der Waals surface area contributed by atoms with E-state index >= 15 is 0 Å². The summed E-state index contributed by atoms with van der Waals surface area (Å²) in [6.07, 6.45) is -1.15. The molecule has 0 saturated heterocycles. The van der Waals surface area contributed by atoms with Gasteiger partial charge in [-0.25, -0.2) is 18.7 Å². The van der Waals surface area contributed by atoms with Gasteiger partial charge in [-0.15, -0.1) is 0 Å². The lowest BCUT2D eigenvalue weighted by Gasteiger charge is -2.22. The lowest BCUT2D eigenvalue weighted by atomic mass is 10.2. The number of aromatic nitrogens is 2. The monoisotopic (exact) mass is 291 g/mol. The van der Waals surface area contributed by atoms with Crippen molar-refractivity contribution in [2.75, 3.05) is 6.54 Å². The van der Waals surface area contributed by atoms with E-state index in [0.717, 1.165) is 10.5 Å². The molecule has 0 radical (unpaired) electrons. The Bertz CT molecular complexity index is 605. The Labute approximate surface area is 121 Å². The van der Waals surface area contributed by atoms with Gasteiger partial charge in [0.2, 0.25) is 0 Å². The van der Waals surface area contributed by atoms with Gasteiger partial charge in [0.15, 0.2) is 0 Å². The topological polar surface area (TPSA) is 46.1 Å². The zero-order valence-electron chi connectivity index (χ0n) is 11.5. The predicted molar refractivity (Wildman–Crippen MR) is 74.0 cm³/mol. The fourth-order valence-corrected chi connectivity index (χ4v) is 1.93. The average molecular weight is 291 g/mol. The molecule has 0 bridgehead atoms. The Morgan fingerprint density at radius 1 is 1.24 bits per heavy atom. The highest BCUT2D eigenvalue weighted by atomic mass is 19.3. The van der Waals surface area contributed by atoms with Crippen LogP contribution < -0.4 is 0 Å². The lowest BCUT2D eigenvalue weighted by Crippen LogP contribution is -2.35. The van der Waals surface area contributed by atoms with Crippen LogP contribution in [0.15, 0.2) is 42.6 Å². The van der Waals surface area contributed by atoms with Crippen LogP contribution >= 0.6 is 0 Å². The predicted octanol–water partition coefficient (Wildman–Crippen LogP) is 2.69. The molecule has 1 aromatic heterocycles. The van der Waals surface area contributed by atoms with Crippen LogP contribution in [0.5, 0.6) is 0 Å². The number of nitrogens with zero attached hydrogens (tertiary/aromatic N) is 3. The van der Waals surface area contributed by atoms with Gasteiger partial charge < -0.3 is 4.90 Å². The van der Waals surface area contributed by atoms with E-state index in [0.29, 0.717) is 5.82 Å². The number of halogens is 2. The third kappa shape index (κ3) is 4.30. The molecule has 21 heavy (non-hydrogen) atoms. The first kappa shape index (κ1) is 15.0. The molecule has 110 valence electrons. The van der Waals surface area contributed by atoms with E-state index in [4.69, 9.17) is 0 Å². The van der Waals surface area contributed by atoms with Gasteiger partial charge in [-0.1, -0.05) is 30.3 Å². The van der Waals surface area contributed by atoms with Crippen molar-refractivity contribution >= 4 is 5.91 Å². The van der Waals surface area contributed by atoms with Gasteiger partial charge in [0, 0.05) is 12.7 Å². The van der Waals surface area contributed by atoms with E-state index in [1.54, 1.807) is 31.2 Å². The molecule has 2 aromatic rings. The van der Waals surface area contributed by atoms with Crippen LogP contribution in [0.2, 0.25) is 0 Å². The van der Waals surface area contributed by atoms with Crippen LogP contribution in [0.3, 0.4) is 0 Å². The van der Waals surface area contributed by atoms with Gasteiger partial charge in [0.25, 0.3) is 12.3 Å². The van der Waals surface area contributed by atoms with Crippen molar-refractivity contribution in [1.82, 2.24) is 14.9 Å². The van der Waals surface area contributed by atoms with E-state index in [-0.39, 0.29) is 12.2 Å². The maximum absolute atomic E-state index is 12.7. The van der Waals surface area contributed by atoms with Crippen molar-refractivity contribution in [2.24, 2.45) is 0 Å². The van der Waals surface area contributed by atoms with Crippen molar-refractivity contribution in [3.8, 4) is 0 Å². The highest BCUT2D eigenvalue weighted by Crippen LogP contribution is 2.11. The van der Waals surface area contributed by atoms with Gasteiger partial charge in [0.05, 0.1) is 6.54 Å². The summed E-state index contributed by atoms with van der Waals surface area (Å²) in [5, 5.41) is 0. The summed E-state index contributed by atoms with van der Waals surface area (Å²) in [7, 11) is 0. The summed E-state index contributed by atoms with van der Waals surface area (Å²) < 4.78 is 25.4. The maximum atomic E-state index is 12.7. The van der Waals surface area contributed by atoms with Crippen LogP contribution in [-0.4, -0.2) is 33.7 Å². The number of hydrogen-bond donors (Lipinski definition) is 0.